The van der Waals surface area contributed by atoms with Crippen LogP contribution in [0.3, 0.4) is 0 Å². The summed E-state index contributed by atoms with van der Waals surface area (Å²) in [6.45, 7) is 0.903. The van der Waals surface area contributed by atoms with Gasteiger partial charge >= 0.3 is 6.01 Å². The molecule has 1 aromatic heterocycles. The molecule has 1 saturated heterocycles. The molecule has 0 radical (unpaired) electrons. The number of rotatable bonds is 3. The third-order valence-electron chi connectivity index (χ3n) is 3.10. The highest BCUT2D eigenvalue weighted by Gasteiger charge is 2.23. The first kappa shape index (κ1) is 13.3. The predicted octanol–water partition coefficient (Wildman–Crippen LogP) is 1.27. The van der Waals surface area contributed by atoms with Gasteiger partial charge < -0.3 is 14.7 Å². The van der Waals surface area contributed by atoms with Crippen LogP contribution in [-0.2, 0) is 0 Å². The second-order valence-corrected chi connectivity index (χ2v) is 4.61. The van der Waals surface area contributed by atoms with Crippen molar-refractivity contribution < 1.29 is 9.84 Å². The zero-order valence-electron chi connectivity index (χ0n) is 10.3. The Morgan fingerprint density at radius 3 is 2.89 bits per heavy atom. The number of halogens is 1. The zero-order valence-corrected chi connectivity index (χ0v) is 11.1. The highest BCUT2D eigenvalue weighted by molar-refractivity contribution is 6.28. The first-order valence-electron chi connectivity index (χ1n) is 6.07. The fraction of sp³-hybridized carbons (Fsp3) is 0.727. The smallest absolute Gasteiger partial charge is 0.322 e. The van der Waals surface area contributed by atoms with E-state index >= 15 is 0 Å². The topological polar surface area (TPSA) is 71.4 Å². The molecular weight excluding hydrogens is 256 g/mol. The molecule has 1 aliphatic heterocycles. The van der Waals surface area contributed by atoms with E-state index in [0.717, 1.165) is 32.2 Å². The van der Waals surface area contributed by atoms with Crippen LogP contribution in [0.1, 0.15) is 25.7 Å². The van der Waals surface area contributed by atoms with Gasteiger partial charge in [0, 0.05) is 6.54 Å². The fourth-order valence-electron chi connectivity index (χ4n) is 2.17. The van der Waals surface area contributed by atoms with Gasteiger partial charge in [-0.1, -0.05) is 12.8 Å². The zero-order chi connectivity index (χ0) is 13.0. The van der Waals surface area contributed by atoms with Gasteiger partial charge in [-0.25, -0.2) is 0 Å². The molecule has 0 saturated carbocycles. The Kier molecular flexibility index (Phi) is 4.54. The summed E-state index contributed by atoms with van der Waals surface area (Å²) < 4.78 is 4.99. The molecule has 0 amide bonds. The Hall–Kier alpha value is -1.14. The predicted molar refractivity (Wildman–Crippen MR) is 68.1 cm³/mol. The average Bonchev–Trinajstić information content (AvgIpc) is 2.62. The third-order valence-corrected chi connectivity index (χ3v) is 3.27. The number of ether oxygens (including phenoxy) is 1. The third kappa shape index (κ3) is 3.00. The van der Waals surface area contributed by atoms with E-state index in [-0.39, 0.29) is 23.9 Å². The number of aliphatic hydroxyl groups is 1. The molecule has 0 bridgehead atoms. The van der Waals surface area contributed by atoms with Gasteiger partial charge in [0.05, 0.1) is 19.8 Å². The summed E-state index contributed by atoms with van der Waals surface area (Å²) in [6, 6.07) is 0.238. The monoisotopic (exact) mass is 272 g/mol. The average molecular weight is 273 g/mol. The van der Waals surface area contributed by atoms with E-state index in [1.165, 1.54) is 7.11 Å². The maximum Gasteiger partial charge on any atom is 0.322 e. The van der Waals surface area contributed by atoms with Crippen molar-refractivity contribution in [1.29, 1.82) is 0 Å². The lowest BCUT2D eigenvalue weighted by atomic mass is 10.1. The summed E-state index contributed by atoms with van der Waals surface area (Å²) in [6.07, 6.45) is 4.25. The number of hydrogen-bond acceptors (Lipinski definition) is 6. The maximum absolute atomic E-state index is 9.47. The Morgan fingerprint density at radius 2 is 2.17 bits per heavy atom. The van der Waals surface area contributed by atoms with Gasteiger partial charge in [-0.05, 0) is 24.4 Å². The minimum atomic E-state index is 0.0377. The molecule has 1 unspecified atom stereocenters. The number of hydrogen-bond donors (Lipinski definition) is 1. The van der Waals surface area contributed by atoms with Crippen molar-refractivity contribution in [3.63, 3.8) is 0 Å². The quantitative estimate of drug-likeness (QED) is 0.894. The SMILES string of the molecule is COc1nc(Cl)nc(N2CCCCCC2CO)n1. The molecule has 0 spiro atoms. The van der Waals surface area contributed by atoms with Gasteiger partial charge in [0.2, 0.25) is 11.2 Å². The van der Waals surface area contributed by atoms with Crippen LogP contribution in [0.5, 0.6) is 6.01 Å². The van der Waals surface area contributed by atoms with Crippen molar-refractivity contribution in [3.8, 4) is 6.01 Å². The van der Waals surface area contributed by atoms with Crippen LogP contribution < -0.4 is 9.64 Å². The normalized spacial score (nSPS) is 20.6. The van der Waals surface area contributed by atoms with Crippen molar-refractivity contribution in [2.75, 3.05) is 25.2 Å². The standard InChI is InChI=1S/C11H17ClN4O2/c1-18-11-14-9(12)13-10(15-11)16-6-4-2-3-5-8(16)7-17/h8,17H,2-7H2,1H3. The van der Waals surface area contributed by atoms with Crippen molar-refractivity contribution in [2.24, 2.45) is 0 Å². The van der Waals surface area contributed by atoms with E-state index in [9.17, 15) is 5.11 Å². The Labute approximate surface area is 111 Å². The Bertz CT molecular complexity index is 405. The largest absolute Gasteiger partial charge is 0.467 e. The van der Waals surface area contributed by atoms with Crippen molar-refractivity contribution in [1.82, 2.24) is 15.0 Å². The molecular formula is C11H17ClN4O2. The fourth-order valence-corrected chi connectivity index (χ4v) is 2.32. The Balaban J connectivity index is 2.29. The van der Waals surface area contributed by atoms with Crippen LogP contribution in [0.15, 0.2) is 0 Å². The highest BCUT2D eigenvalue weighted by Crippen LogP contribution is 2.23. The minimum absolute atomic E-state index is 0.0377. The van der Waals surface area contributed by atoms with Gasteiger partial charge in [0.1, 0.15) is 0 Å². The van der Waals surface area contributed by atoms with E-state index < -0.39 is 0 Å². The molecule has 0 aromatic carbocycles. The first-order valence-corrected chi connectivity index (χ1v) is 6.45. The molecule has 0 aliphatic carbocycles. The summed E-state index contributed by atoms with van der Waals surface area (Å²) in [5.41, 5.74) is 0. The van der Waals surface area contributed by atoms with Crippen LogP contribution in [0.2, 0.25) is 5.28 Å². The number of aromatic nitrogens is 3. The van der Waals surface area contributed by atoms with Crippen LogP contribution in [-0.4, -0.2) is 46.4 Å². The van der Waals surface area contributed by atoms with E-state index in [4.69, 9.17) is 16.3 Å². The summed E-state index contributed by atoms with van der Waals surface area (Å²) in [7, 11) is 1.49. The summed E-state index contributed by atoms with van der Waals surface area (Å²) in [4.78, 5) is 14.2. The lowest BCUT2D eigenvalue weighted by Gasteiger charge is -2.28. The first-order chi connectivity index (χ1) is 8.74. The number of anilines is 1. The molecule has 2 heterocycles. The number of aliphatic hydroxyl groups excluding tert-OH is 1. The van der Waals surface area contributed by atoms with Gasteiger partial charge in [0.15, 0.2) is 0 Å². The molecule has 1 aromatic rings. The van der Waals surface area contributed by atoms with Crippen LogP contribution in [0.25, 0.3) is 0 Å². The van der Waals surface area contributed by atoms with Gasteiger partial charge in [-0.2, -0.15) is 15.0 Å². The molecule has 100 valence electrons. The lowest BCUT2D eigenvalue weighted by molar-refractivity contribution is 0.253. The van der Waals surface area contributed by atoms with Crippen molar-refractivity contribution in [2.45, 2.75) is 31.7 Å². The van der Waals surface area contributed by atoms with E-state index in [2.05, 4.69) is 15.0 Å². The molecule has 1 fully saturated rings. The van der Waals surface area contributed by atoms with Gasteiger partial charge in [0.25, 0.3) is 0 Å². The minimum Gasteiger partial charge on any atom is -0.467 e. The van der Waals surface area contributed by atoms with Crippen molar-refractivity contribution >= 4 is 17.5 Å². The molecule has 18 heavy (non-hydrogen) atoms. The van der Waals surface area contributed by atoms with Crippen LogP contribution >= 0.6 is 11.6 Å². The Morgan fingerprint density at radius 1 is 1.33 bits per heavy atom. The second kappa shape index (κ2) is 6.15. The molecule has 1 atom stereocenters. The molecule has 2 rings (SSSR count). The van der Waals surface area contributed by atoms with Crippen LogP contribution in [0, 0.1) is 0 Å². The summed E-state index contributed by atoms with van der Waals surface area (Å²) >= 11 is 5.85. The molecule has 1 N–H and O–H groups in total. The highest BCUT2D eigenvalue weighted by atomic mass is 35.5. The van der Waals surface area contributed by atoms with Crippen molar-refractivity contribution in [3.05, 3.63) is 5.28 Å². The van der Waals surface area contributed by atoms with E-state index in [1.54, 1.807) is 0 Å². The van der Waals surface area contributed by atoms with E-state index in [0.29, 0.717) is 5.95 Å². The lowest BCUT2D eigenvalue weighted by Crippen LogP contribution is -2.38. The number of nitrogens with zero attached hydrogens (tertiary/aromatic N) is 4. The van der Waals surface area contributed by atoms with Crippen LogP contribution in [0.4, 0.5) is 5.95 Å². The van der Waals surface area contributed by atoms with Gasteiger partial charge in [-0.3, -0.25) is 0 Å². The molecule has 6 nitrogen and oxygen atoms in total. The van der Waals surface area contributed by atoms with E-state index in [1.807, 2.05) is 4.90 Å². The molecule has 1 aliphatic rings. The maximum atomic E-state index is 9.47. The summed E-state index contributed by atoms with van der Waals surface area (Å²) in [5, 5.41) is 9.58. The number of methoxy groups -OCH3 is 1. The second-order valence-electron chi connectivity index (χ2n) is 4.27. The molecule has 7 heteroatoms. The van der Waals surface area contributed by atoms with Gasteiger partial charge in [-0.15, -0.1) is 0 Å². The summed E-state index contributed by atoms with van der Waals surface area (Å²) in [5.74, 6) is 0.479.